The summed E-state index contributed by atoms with van der Waals surface area (Å²) in [5.41, 5.74) is 1.84. The zero-order chi connectivity index (χ0) is 12.3. The third kappa shape index (κ3) is 3.10. The number of aromatic nitrogens is 1. The number of aromatic amines is 1. The van der Waals surface area contributed by atoms with Gasteiger partial charge in [-0.2, -0.15) is 0 Å². The first-order chi connectivity index (χ1) is 8.05. The third-order valence-electron chi connectivity index (χ3n) is 2.41. The van der Waals surface area contributed by atoms with Crippen LogP contribution in [0.4, 0.5) is 5.69 Å². The molecule has 0 saturated carbocycles. The highest BCUT2D eigenvalue weighted by Gasteiger charge is 2.06. The molecule has 2 N–H and O–H groups in total. The quantitative estimate of drug-likeness (QED) is 0.872. The Bertz CT molecular complexity index is 589. The predicted octanol–water partition coefficient (Wildman–Crippen LogP) is 2.03. The Morgan fingerprint density at radius 3 is 2.71 bits per heavy atom. The van der Waals surface area contributed by atoms with E-state index in [0.717, 1.165) is 11.4 Å². The van der Waals surface area contributed by atoms with Crippen molar-refractivity contribution in [2.75, 3.05) is 11.6 Å². The topological polar surface area (TPSA) is 62.0 Å². The van der Waals surface area contributed by atoms with E-state index in [1.165, 1.54) is 6.26 Å². The number of nitrogens with one attached hydrogen (secondary N) is 2. The molecule has 0 radical (unpaired) electrons. The van der Waals surface area contributed by atoms with Crippen LogP contribution < -0.4 is 5.32 Å². The predicted molar refractivity (Wildman–Crippen MR) is 67.7 cm³/mol. The molecule has 0 saturated heterocycles. The van der Waals surface area contributed by atoms with E-state index in [1.807, 2.05) is 24.4 Å². The summed E-state index contributed by atoms with van der Waals surface area (Å²) in [6.45, 7) is 0.639. The number of rotatable bonds is 4. The summed E-state index contributed by atoms with van der Waals surface area (Å²) in [4.78, 5) is 3.40. The lowest BCUT2D eigenvalue weighted by Crippen LogP contribution is -2.02. The normalized spacial score (nSPS) is 11.4. The fraction of sp³-hybridized carbons (Fsp3) is 0.167. The molecule has 0 aliphatic carbocycles. The first-order valence-corrected chi connectivity index (χ1v) is 7.11. The second kappa shape index (κ2) is 4.63. The van der Waals surface area contributed by atoms with Crippen molar-refractivity contribution in [2.24, 2.45) is 0 Å². The third-order valence-corrected chi connectivity index (χ3v) is 3.52. The summed E-state index contributed by atoms with van der Waals surface area (Å²) in [6, 6.07) is 10.7. The highest BCUT2D eigenvalue weighted by molar-refractivity contribution is 7.90. The maximum atomic E-state index is 11.4. The molecular formula is C12H14N2O2S. The van der Waals surface area contributed by atoms with Crippen molar-refractivity contribution in [1.29, 1.82) is 0 Å². The smallest absolute Gasteiger partial charge is 0.175 e. The van der Waals surface area contributed by atoms with Crippen LogP contribution in [0.1, 0.15) is 5.69 Å². The molecule has 1 aromatic carbocycles. The van der Waals surface area contributed by atoms with Crippen molar-refractivity contribution in [2.45, 2.75) is 11.4 Å². The number of benzene rings is 1. The monoisotopic (exact) mass is 250 g/mol. The summed E-state index contributed by atoms with van der Waals surface area (Å²) >= 11 is 0. The summed E-state index contributed by atoms with van der Waals surface area (Å²) < 4.78 is 22.8. The minimum absolute atomic E-state index is 0.328. The van der Waals surface area contributed by atoms with Gasteiger partial charge in [0.1, 0.15) is 0 Å². The number of anilines is 1. The molecule has 0 unspecified atom stereocenters. The Kier molecular flexibility index (Phi) is 3.19. The molecule has 0 atom stereocenters. The Hall–Kier alpha value is -1.75. The highest BCUT2D eigenvalue weighted by Crippen LogP contribution is 2.15. The number of hydrogen-bond donors (Lipinski definition) is 2. The van der Waals surface area contributed by atoms with Crippen LogP contribution in [0.5, 0.6) is 0 Å². The SMILES string of the molecule is CS(=O)(=O)c1cccc(NCc2ccc[nH]2)c1. The van der Waals surface area contributed by atoms with Gasteiger partial charge in [0.05, 0.1) is 11.4 Å². The van der Waals surface area contributed by atoms with Gasteiger partial charge in [0.2, 0.25) is 0 Å². The van der Waals surface area contributed by atoms with E-state index < -0.39 is 9.84 Å². The van der Waals surface area contributed by atoms with Crippen molar-refractivity contribution in [3.8, 4) is 0 Å². The van der Waals surface area contributed by atoms with Gasteiger partial charge in [0, 0.05) is 23.8 Å². The Morgan fingerprint density at radius 1 is 1.24 bits per heavy atom. The molecule has 0 aliphatic heterocycles. The second-order valence-corrected chi connectivity index (χ2v) is 5.86. The molecular weight excluding hydrogens is 236 g/mol. The van der Waals surface area contributed by atoms with E-state index in [0.29, 0.717) is 11.4 Å². The maximum absolute atomic E-state index is 11.4. The lowest BCUT2D eigenvalue weighted by molar-refractivity contribution is 0.602. The van der Waals surface area contributed by atoms with Crippen molar-refractivity contribution < 1.29 is 8.42 Å². The molecule has 0 fully saturated rings. The lowest BCUT2D eigenvalue weighted by Gasteiger charge is -2.06. The fourth-order valence-corrected chi connectivity index (χ4v) is 2.18. The Balaban J connectivity index is 2.12. The van der Waals surface area contributed by atoms with Crippen molar-refractivity contribution in [1.82, 2.24) is 4.98 Å². The van der Waals surface area contributed by atoms with Crippen LogP contribution in [-0.4, -0.2) is 19.7 Å². The zero-order valence-electron chi connectivity index (χ0n) is 9.47. The van der Waals surface area contributed by atoms with Crippen molar-refractivity contribution in [3.63, 3.8) is 0 Å². The molecule has 0 aliphatic rings. The van der Waals surface area contributed by atoms with Crippen LogP contribution in [0, 0.1) is 0 Å². The minimum atomic E-state index is -3.15. The van der Waals surface area contributed by atoms with E-state index in [4.69, 9.17) is 0 Å². The van der Waals surface area contributed by atoms with Gasteiger partial charge >= 0.3 is 0 Å². The molecule has 1 heterocycles. The van der Waals surface area contributed by atoms with E-state index in [1.54, 1.807) is 18.2 Å². The maximum Gasteiger partial charge on any atom is 0.175 e. The first kappa shape index (κ1) is 11.7. The van der Waals surface area contributed by atoms with E-state index in [9.17, 15) is 8.42 Å². The molecule has 2 rings (SSSR count). The number of hydrogen-bond acceptors (Lipinski definition) is 3. The van der Waals surface area contributed by atoms with Crippen LogP contribution in [0.3, 0.4) is 0 Å². The van der Waals surface area contributed by atoms with Gasteiger partial charge < -0.3 is 10.3 Å². The Labute approximate surface area is 101 Å². The molecule has 4 nitrogen and oxygen atoms in total. The van der Waals surface area contributed by atoms with E-state index in [-0.39, 0.29) is 0 Å². The average Bonchev–Trinajstić information content (AvgIpc) is 2.78. The van der Waals surface area contributed by atoms with Gasteiger partial charge in [-0.3, -0.25) is 0 Å². The van der Waals surface area contributed by atoms with Gasteiger partial charge in [-0.15, -0.1) is 0 Å². The zero-order valence-corrected chi connectivity index (χ0v) is 10.3. The van der Waals surface area contributed by atoms with Gasteiger partial charge in [-0.25, -0.2) is 8.42 Å². The van der Waals surface area contributed by atoms with Gasteiger partial charge in [-0.05, 0) is 30.3 Å². The van der Waals surface area contributed by atoms with Crippen molar-refractivity contribution in [3.05, 3.63) is 48.3 Å². The molecule has 0 amide bonds. The summed E-state index contributed by atoms with van der Waals surface area (Å²) in [6.07, 6.45) is 3.06. The standard InChI is InChI=1S/C12H14N2O2S/c1-17(15,16)12-6-2-4-10(8-12)14-9-11-5-3-7-13-11/h2-8,13-14H,9H2,1H3. The van der Waals surface area contributed by atoms with E-state index >= 15 is 0 Å². The van der Waals surface area contributed by atoms with Crippen LogP contribution in [0.15, 0.2) is 47.5 Å². The summed E-state index contributed by atoms with van der Waals surface area (Å²) in [5.74, 6) is 0. The molecule has 2 aromatic rings. The number of sulfone groups is 1. The van der Waals surface area contributed by atoms with Crippen LogP contribution >= 0.6 is 0 Å². The van der Waals surface area contributed by atoms with Gasteiger partial charge in [0.15, 0.2) is 9.84 Å². The minimum Gasteiger partial charge on any atom is -0.379 e. The molecule has 0 bridgehead atoms. The largest absolute Gasteiger partial charge is 0.379 e. The summed E-state index contributed by atoms with van der Waals surface area (Å²) in [5, 5.41) is 3.16. The van der Waals surface area contributed by atoms with Crippen LogP contribution in [0.25, 0.3) is 0 Å². The van der Waals surface area contributed by atoms with E-state index in [2.05, 4.69) is 10.3 Å². The lowest BCUT2D eigenvalue weighted by atomic mass is 10.3. The van der Waals surface area contributed by atoms with Gasteiger partial charge in [0.25, 0.3) is 0 Å². The molecule has 0 spiro atoms. The molecule has 17 heavy (non-hydrogen) atoms. The van der Waals surface area contributed by atoms with Gasteiger partial charge in [-0.1, -0.05) is 6.07 Å². The second-order valence-electron chi connectivity index (χ2n) is 3.85. The molecule has 1 aromatic heterocycles. The molecule has 5 heteroatoms. The summed E-state index contributed by atoms with van der Waals surface area (Å²) in [7, 11) is -3.15. The molecule has 90 valence electrons. The first-order valence-electron chi connectivity index (χ1n) is 5.22. The van der Waals surface area contributed by atoms with Crippen LogP contribution in [0.2, 0.25) is 0 Å². The fourth-order valence-electron chi connectivity index (χ4n) is 1.51. The highest BCUT2D eigenvalue weighted by atomic mass is 32.2. The van der Waals surface area contributed by atoms with Crippen molar-refractivity contribution >= 4 is 15.5 Å². The van der Waals surface area contributed by atoms with Crippen LogP contribution in [-0.2, 0) is 16.4 Å². The number of H-pyrrole nitrogens is 1. The Morgan fingerprint density at radius 2 is 2.06 bits per heavy atom. The average molecular weight is 250 g/mol.